The molecule has 0 radical (unpaired) electrons. The van der Waals surface area contributed by atoms with Gasteiger partial charge in [-0.2, -0.15) is 18.3 Å². The van der Waals surface area contributed by atoms with Crippen molar-refractivity contribution in [2.45, 2.75) is 37.9 Å². The Balaban J connectivity index is 0.000000470. The van der Waals surface area contributed by atoms with Gasteiger partial charge in [0.05, 0.1) is 11.8 Å². The summed E-state index contributed by atoms with van der Waals surface area (Å²) in [5.74, 6) is -2.61. The Labute approximate surface area is 229 Å². The van der Waals surface area contributed by atoms with Crippen LogP contribution in [0.2, 0.25) is 0 Å². The molecule has 5 rings (SSSR count). The number of carboxylic acid groups (broad SMARTS) is 1. The number of carbonyl (C=O) groups excluding carboxylic acids is 2. The monoisotopic (exact) mass is 557 g/mol. The number of aromatic nitrogens is 3. The maximum atomic E-state index is 14.0. The van der Waals surface area contributed by atoms with Crippen LogP contribution in [-0.2, 0) is 34.4 Å². The number of carbonyl (C=O) groups is 3. The van der Waals surface area contributed by atoms with E-state index in [-0.39, 0.29) is 17.7 Å². The fourth-order valence-electron chi connectivity index (χ4n) is 5.52. The fraction of sp³-hybridized carbons (Fsp3) is 0.393. The van der Waals surface area contributed by atoms with Crippen LogP contribution < -0.4 is 0 Å². The van der Waals surface area contributed by atoms with Crippen molar-refractivity contribution in [2.24, 2.45) is 12.5 Å². The zero-order valence-corrected chi connectivity index (χ0v) is 21.9. The fourth-order valence-corrected chi connectivity index (χ4v) is 5.52. The highest BCUT2D eigenvalue weighted by atomic mass is 19.4. The molecule has 2 saturated heterocycles. The van der Waals surface area contributed by atoms with Crippen molar-refractivity contribution in [1.29, 1.82) is 0 Å². The number of benzene rings is 1. The number of likely N-dealkylation sites (tertiary alicyclic amines) is 2. The smallest absolute Gasteiger partial charge is 0.475 e. The number of hydrogen-bond donors (Lipinski definition) is 1. The normalized spacial score (nSPS) is 20.8. The summed E-state index contributed by atoms with van der Waals surface area (Å²) in [6, 6.07) is 15.7. The van der Waals surface area contributed by atoms with Crippen LogP contribution in [-0.4, -0.2) is 73.3 Å². The molecule has 0 aliphatic carbocycles. The van der Waals surface area contributed by atoms with Gasteiger partial charge in [-0.3, -0.25) is 19.3 Å². The summed E-state index contributed by atoms with van der Waals surface area (Å²) < 4.78 is 33.6. The standard InChI is InChI=1S/C26H29N5O2.C2HF3O2/c1-29-23(10-14-28-29)22-18-31(24(32)16-20-6-3-2-4-7-20)19-26(22)11-5-15-30(25(26)33)17-21-8-12-27-13-9-21;3-2(4,5)1(6)7/h2-4,6-10,12-14,22H,5,11,15-19H2,1H3;(H,6,7)/t22-,26+;/m0./s1. The number of pyridine rings is 1. The van der Waals surface area contributed by atoms with E-state index in [1.807, 2.05) is 70.1 Å². The maximum Gasteiger partial charge on any atom is 0.490 e. The zero-order chi connectivity index (χ0) is 28.9. The minimum absolute atomic E-state index is 0.0718. The molecule has 1 N–H and O–H groups in total. The van der Waals surface area contributed by atoms with Crippen LogP contribution in [0.3, 0.4) is 0 Å². The quantitative estimate of drug-likeness (QED) is 0.515. The van der Waals surface area contributed by atoms with E-state index in [1.165, 1.54) is 0 Å². The Kier molecular flexibility index (Phi) is 8.55. The van der Waals surface area contributed by atoms with Gasteiger partial charge in [0.1, 0.15) is 0 Å². The molecule has 0 saturated carbocycles. The second kappa shape index (κ2) is 11.9. The van der Waals surface area contributed by atoms with Gasteiger partial charge in [0.2, 0.25) is 11.8 Å². The number of carboxylic acids is 1. The van der Waals surface area contributed by atoms with Crippen LogP contribution >= 0.6 is 0 Å². The van der Waals surface area contributed by atoms with E-state index in [0.717, 1.165) is 36.2 Å². The largest absolute Gasteiger partial charge is 0.490 e. The molecule has 2 amide bonds. The van der Waals surface area contributed by atoms with Gasteiger partial charge in [0.15, 0.2) is 0 Å². The van der Waals surface area contributed by atoms with E-state index in [0.29, 0.717) is 26.1 Å². The summed E-state index contributed by atoms with van der Waals surface area (Å²) in [6.45, 7) is 2.30. The molecule has 2 fully saturated rings. The molecule has 9 nitrogen and oxygen atoms in total. The molecule has 3 aromatic rings. The van der Waals surface area contributed by atoms with Gasteiger partial charge in [-0.1, -0.05) is 30.3 Å². The Hall–Kier alpha value is -4.22. The third-order valence-electron chi connectivity index (χ3n) is 7.44. The Morgan fingerprint density at radius 2 is 1.73 bits per heavy atom. The van der Waals surface area contributed by atoms with E-state index >= 15 is 0 Å². The third kappa shape index (κ3) is 6.32. The molecule has 1 aromatic carbocycles. The maximum absolute atomic E-state index is 14.0. The molecule has 212 valence electrons. The van der Waals surface area contributed by atoms with Crippen molar-refractivity contribution in [2.75, 3.05) is 19.6 Å². The first kappa shape index (κ1) is 28.8. The second-order valence-electron chi connectivity index (χ2n) is 10.0. The summed E-state index contributed by atoms with van der Waals surface area (Å²) in [6.07, 6.45) is 2.27. The van der Waals surface area contributed by atoms with Crippen LogP contribution in [0, 0.1) is 5.41 Å². The average Bonchev–Trinajstić information content (AvgIpc) is 3.51. The van der Waals surface area contributed by atoms with Gasteiger partial charge < -0.3 is 14.9 Å². The lowest BCUT2D eigenvalue weighted by atomic mass is 9.70. The summed E-state index contributed by atoms with van der Waals surface area (Å²) in [5, 5.41) is 11.5. The van der Waals surface area contributed by atoms with Crippen LogP contribution in [0.15, 0.2) is 67.1 Å². The molecule has 2 aromatic heterocycles. The summed E-state index contributed by atoms with van der Waals surface area (Å²) in [5.41, 5.74) is 2.47. The minimum atomic E-state index is -5.08. The summed E-state index contributed by atoms with van der Waals surface area (Å²) in [7, 11) is 1.92. The lowest BCUT2D eigenvalue weighted by Crippen LogP contribution is -2.52. The van der Waals surface area contributed by atoms with Crippen LogP contribution in [0.4, 0.5) is 13.2 Å². The topological polar surface area (TPSA) is 109 Å². The minimum Gasteiger partial charge on any atom is -0.475 e. The number of aryl methyl sites for hydroxylation is 1. The van der Waals surface area contributed by atoms with Crippen LogP contribution in [0.1, 0.15) is 35.6 Å². The van der Waals surface area contributed by atoms with Crippen molar-refractivity contribution in [3.8, 4) is 0 Å². The van der Waals surface area contributed by atoms with Gasteiger partial charge >= 0.3 is 12.1 Å². The number of aliphatic carboxylic acids is 1. The molecule has 0 unspecified atom stereocenters. The highest BCUT2D eigenvalue weighted by Gasteiger charge is 2.56. The Bertz CT molecular complexity index is 1330. The SMILES string of the molecule is Cn1nccc1[C@@H]1CN(C(=O)Cc2ccccc2)C[C@]12CCCN(Cc1ccncc1)C2=O.O=C(O)C(F)(F)F. The molecule has 2 aliphatic rings. The number of amides is 2. The average molecular weight is 558 g/mol. The number of nitrogens with zero attached hydrogens (tertiary/aromatic N) is 5. The third-order valence-corrected chi connectivity index (χ3v) is 7.44. The van der Waals surface area contributed by atoms with Gasteiger partial charge in [0.25, 0.3) is 0 Å². The van der Waals surface area contributed by atoms with Crippen molar-refractivity contribution in [1.82, 2.24) is 24.6 Å². The summed E-state index contributed by atoms with van der Waals surface area (Å²) >= 11 is 0. The van der Waals surface area contributed by atoms with E-state index < -0.39 is 17.6 Å². The highest BCUT2D eigenvalue weighted by Crippen LogP contribution is 2.49. The number of alkyl halides is 3. The first-order valence-corrected chi connectivity index (χ1v) is 12.8. The van der Waals surface area contributed by atoms with Crippen molar-refractivity contribution in [3.63, 3.8) is 0 Å². The second-order valence-corrected chi connectivity index (χ2v) is 10.0. The molecular weight excluding hydrogens is 527 g/mol. The Morgan fingerprint density at radius 3 is 2.33 bits per heavy atom. The van der Waals surface area contributed by atoms with E-state index in [9.17, 15) is 22.8 Å². The van der Waals surface area contributed by atoms with Crippen LogP contribution in [0.25, 0.3) is 0 Å². The number of halogens is 3. The van der Waals surface area contributed by atoms with E-state index in [2.05, 4.69) is 10.1 Å². The molecular formula is C28H30F3N5O4. The van der Waals surface area contributed by atoms with Crippen molar-refractivity contribution >= 4 is 17.8 Å². The lowest BCUT2D eigenvalue weighted by Gasteiger charge is -2.42. The number of piperidine rings is 1. The zero-order valence-electron chi connectivity index (χ0n) is 21.9. The first-order chi connectivity index (χ1) is 19.0. The molecule has 12 heteroatoms. The van der Waals surface area contributed by atoms with Gasteiger partial charge in [0, 0.05) is 63.4 Å². The van der Waals surface area contributed by atoms with E-state index in [4.69, 9.17) is 9.90 Å². The molecule has 0 bridgehead atoms. The van der Waals surface area contributed by atoms with E-state index in [1.54, 1.807) is 18.6 Å². The number of hydrogen-bond acceptors (Lipinski definition) is 5. The lowest BCUT2D eigenvalue weighted by molar-refractivity contribution is -0.192. The Morgan fingerprint density at radius 1 is 1.05 bits per heavy atom. The van der Waals surface area contributed by atoms with Gasteiger partial charge in [-0.15, -0.1) is 0 Å². The van der Waals surface area contributed by atoms with Gasteiger partial charge in [-0.25, -0.2) is 4.79 Å². The van der Waals surface area contributed by atoms with Crippen LogP contribution in [0.5, 0.6) is 0 Å². The summed E-state index contributed by atoms with van der Waals surface area (Å²) in [4.78, 5) is 44.2. The predicted molar refractivity (Wildman–Crippen MR) is 138 cm³/mol. The highest BCUT2D eigenvalue weighted by molar-refractivity contribution is 5.88. The van der Waals surface area contributed by atoms with Crippen molar-refractivity contribution in [3.05, 3.63) is 83.9 Å². The molecule has 2 atom stereocenters. The van der Waals surface area contributed by atoms with Crippen molar-refractivity contribution < 1.29 is 32.7 Å². The molecule has 1 spiro atoms. The molecule has 2 aliphatic heterocycles. The predicted octanol–water partition coefficient (Wildman–Crippen LogP) is 3.43. The molecule has 4 heterocycles. The first-order valence-electron chi connectivity index (χ1n) is 12.8. The number of rotatable bonds is 5. The van der Waals surface area contributed by atoms with Gasteiger partial charge in [-0.05, 0) is 42.2 Å². The molecule has 40 heavy (non-hydrogen) atoms.